The lowest BCUT2D eigenvalue weighted by molar-refractivity contribution is 0.393. The van der Waals surface area contributed by atoms with Crippen LogP contribution in [0.2, 0.25) is 0 Å². The first-order valence-corrected chi connectivity index (χ1v) is 11.7. The number of nitrogens with two attached hydrogens (primary N) is 2. The number of fused-ring (bicyclic) bond motifs is 5. The van der Waals surface area contributed by atoms with Gasteiger partial charge >= 0.3 is 0 Å². The standard InChI is InChI=1S/C30H18F2N4O2/c31-17-5-1-15(2-6-17)25-21-11-9-20-19(27(21)37-29(35)23(25)13-33)10-12-22-26(16-3-7-18(32)8-4-16)24(14-34)30(36)38-28(20)22/h1-12,25-26H,35-36H2. The van der Waals surface area contributed by atoms with Crippen molar-refractivity contribution in [3.63, 3.8) is 0 Å². The van der Waals surface area contributed by atoms with Crippen molar-refractivity contribution in [2.45, 2.75) is 11.8 Å². The lowest BCUT2D eigenvalue weighted by Gasteiger charge is -2.30. The number of ether oxygens (including phenoxy) is 2. The van der Waals surface area contributed by atoms with E-state index in [2.05, 4.69) is 12.1 Å². The van der Waals surface area contributed by atoms with E-state index in [0.29, 0.717) is 44.5 Å². The van der Waals surface area contributed by atoms with Crippen LogP contribution in [-0.2, 0) is 0 Å². The van der Waals surface area contributed by atoms with Crippen molar-refractivity contribution in [3.05, 3.63) is 130 Å². The number of allylic oxidation sites excluding steroid dienone is 2. The molecule has 0 aliphatic carbocycles. The van der Waals surface area contributed by atoms with Gasteiger partial charge in [-0.2, -0.15) is 10.5 Å². The summed E-state index contributed by atoms with van der Waals surface area (Å²) in [5.74, 6) is -1.13. The van der Waals surface area contributed by atoms with E-state index in [4.69, 9.17) is 20.9 Å². The van der Waals surface area contributed by atoms with Gasteiger partial charge in [0.1, 0.15) is 46.4 Å². The minimum absolute atomic E-state index is 0.0455. The average Bonchev–Trinajstić information content (AvgIpc) is 2.92. The van der Waals surface area contributed by atoms with Crippen LogP contribution in [0.3, 0.4) is 0 Å². The van der Waals surface area contributed by atoms with E-state index >= 15 is 0 Å². The Morgan fingerprint density at radius 2 is 0.947 bits per heavy atom. The van der Waals surface area contributed by atoms with E-state index in [9.17, 15) is 19.3 Å². The number of rotatable bonds is 2. The second-order valence-electron chi connectivity index (χ2n) is 9.02. The molecule has 0 spiro atoms. The highest BCUT2D eigenvalue weighted by Gasteiger charge is 2.35. The van der Waals surface area contributed by atoms with Gasteiger partial charge in [0.05, 0.1) is 11.8 Å². The van der Waals surface area contributed by atoms with E-state index in [0.717, 1.165) is 0 Å². The van der Waals surface area contributed by atoms with Gasteiger partial charge < -0.3 is 20.9 Å². The fraction of sp³-hybridized carbons (Fsp3) is 0.0667. The highest BCUT2D eigenvalue weighted by atomic mass is 19.1. The molecule has 38 heavy (non-hydrogen) atoms. The molecule has 0 radical (unpaired) electrons. The molecular formula is C30H18F2N4O2. The van der Waals surface area contributed by atoms with E-state index < -0.39 is 23.5 Å². The number of benzene rings is 4. The molecule has 4 aromatic carbocycles. The molecule has 2 atom stereocenters. The van der Waals surface area contributed by atoms with Crippen LogP contribution in [0.4, 0.5) is 8.78 Å². The SMILES string of the molecule is N#CC1=C(N)Oc2c(ccc3c4c(ccc23)C(c2ccc(F)cc2)C(C#N)=C(N)O4)C1c1ccc(F)cc1. The molecule has 2 unspecified atom stereocenters. The maximum Gasteiger partial charge on any atom is 0.205 e. The van der Waals surface area contributed by atoms with Crippen LogP contribution in [0.15, 0.2) is 95.7 Å². The first-order valence-electron chi connectivity index (χ1n) is 11.7. The summed E-state index contributed by atoms with van der Waals surface area (Å²) < 4.78 is 39.2. The third-order valence-corrected chi connectivity index (χ3v) is 6.96. The molecule has 0 fully saturated rings. The first-order chi connectivity index (χ1) is 18.4. The summed E-state index contributed by atoms with van der Waals surface area (Å²) in [5, 5.41) is 21.0. The predicted molar refractivity (Wildman–Crippen MR) is 135 cm³/mol. The monoisotopic (exact) mass is 504 g/mol. The summed E-state index contributed by atoms with van der Waals surface area (Å²) in [5.41, 5.74) is 15.6. The molecular weight excluding hydrogens is 486 g/mol. The molecule has 8 heteroatoms. The lowest BCUT2D eigenvalue weighted by atomic mass is 9.80. The fourth-order valence-corrected chi connectivity index (χ4v) is 5.23. The van der Waals surface area contributed by atoms with Gasteiger partial charge in [0.25, 0.3) is 0 Å². The zero-order valence-electron chi connectivity index (χ0n) is 19.7. The van der Waals surface area contributed by atoms with Crippen LogP contribution in [0.1, 0.15) is 34.1 Å². The number of halogens is 2. The Morgan fingerprint density at radius 1 is 0.579 bits per heavy atom. The van der Waals surface area contributed by atoms with Crippen LogP contribution in [-0.4, -0.2) is 0 Å². The average molecular weight is 504 g/mol. The minimum Gasteiger partial charge on any atom is -0.440 e. The molecule has 4 aromatic rings. The first kappa shape index (κ1) is 23.1. The molecule has 4 N–H and O–H groups in total. The molecule has 0 saturated carbocycles. The van der Waals surface area contributed by atoms with Crippen LogP contribution in [0.5, 0.6) is 11.5 Å². The van der Waals surface area contributed by atoms with Gasteiger partial charge in [-0.15, -0.1) is 0 Å². The Kier molecular flexibility index (Phi) is 5.25. The third kappa shape index (κ3) is 3.43. The summed E-state index contributed by atoms with van der Waals surface area (Å²) >= 11 is 0. The summed E-state index contributed by atoms with van der Waals surface area (Å²) in [6, 6.07) is 23.3. The molecule has 0 saturated heterocycles. The summed E-state index contributed by atoms with van der Waals surface area (Å²) in [6.07, 6.45) is 0. The van der Waals surface area contributed by atoms with Crippen molar-refractivity contribution in [2.24, 2.45) is 11.5 Å². The van der Waals surface area contributed by atoms with Gasteiger partial charge in [0, 0.05) is 21.9 Å². The molecule has 0 aromatic heterocycles. The van der Waals surface area contributed by atoms with Crippen molar-refractivity contribution in [1.29, 1.82) is 10.5 Å². The quantitative estimate of drug-likeness (QED) is 0.369. The van der Waals surface area contributed by atoms with Gasteiger partial charge in [-0.1, -0.05) is 48.5 Å². The largest absolute Gasteiger partial charge is 0.440 e. The van der Waals surface area contributed by atoms with Crippen LogP contribution in [0.25, 0.3) is 10.8 Å². The van der Waals surface area contributed by atoms with Crippen molar-refractivity contribution in [2.75, 3.05) is 0 Å². The molecule has 0 amide bonds. The summed E-state index contributed by atoms with van der Waals surface area (Å²) in [4.78, 5) is 0. The Bertz CT molecular complexity index is 1650. The molecule has 2 aliphatic heterocycles. The molecule has 2 aliphatic rings. The topological polar surface area (TPSA) is 118 Å². The Balaban J connectivity index is 1.57. The van der Waals surface area contributed by atoms with Gasteiger partial charge in [-0.05, 0) is 35.4 Å². The molecule has 6 rings (SSSR count). The van der Waals surface area contributed by atoms with Crippen molar-refractivity contribution < 1.29 is 18.3 Å². The second-order valence-corrected chi connectivity index (χ2v) is 9.02. The van der Waals surface area contributed by atoms with Crippen molar-refractivity contribution in [3.8, 4) is 23.6 Å². The number of nitrogens with zero attached hydrogens (tertiary/aromatic N) is 2. The zero-order valence-corrected chi connectivity index (χ0v) is 19.7. The normalized spacial score (nSPS) is 18.1. The molecule has 0 bridgehead atoms. The van der Waals surface area contributed by atoms with E-state index in [-0.39, 0.29) is 22.9 Å². The van der Waals surface area contributed by atoms with Gasteiger partial charge in [0.15, 0.2) is 0 Å². The van der Waals surface area contributed by atoms with Gasteiger partial charge in [0.2, 0.25) is 11.8 Å². The van der Waals surface area contributed by atoms with Gasteiger partial charge in [-0.3, -0.25) is 0 Å². The van der Waals surface area contributed by atoms with Crippen LogP contribution < -0.4 is 20.9 Å². The zero-order chi connectivity index (χ0) is 26.6. The van der Waals surface area contributed by atoms with Crippen molar-refractivity contribution in [1.82, 2.24) is 0 Å². The minimum atomic E-state index is -0.562. The Labute approximate surface area is 216 Å². The summed E-state index contributed by atoms with van der Waals surface area (Å²) in [7, 11) is 0. The van der Waals surface area contributed by atoms with Crippen LogP contribution in [0, 0.1) is 34.3 Å². The number of nitriles is 2. The van der Waals surface area contributed by atoms with Crippen molar-refractivity contribution >= 4 is 10.8 Å². The highest BCUT2D eigenvalue weighted by molar-refractivity contribution is 5.97. The third-order valence-electron chi connectivity index (χ3n) is 6.96. The maximum absolute atomic E-state index is 13.6. The lowest BCUT2D eigenvalue weighted by Crippen LogP contribution is -2.22. The Morgan fingerprint density at radius 3 is 1.29 bits per heavy atom. The number of hydrogen-bond donors (Lipinski definition) is 2. The predicted octanol–water partition coefficient (Wildman–Crippen LogP) is 5.55. The van der Waals surface area contributed by atoms with E-state index in [1.54, 1.807) is 24.3 Å². The van der Waals surface area contributed by atoms with Gasteiger partial charge in [-0.25, -0.2) is 8.78 Å². The Hall–Kier alpha value is -5.34. The smallest absolute Gasteiger partial charge is 0.205 e. The van der Waals surface area contributed by atoms with E-state index in [1.165, 1.54) is 24.3 Å². The number of hydrogen-bond acceptors (Lipinski definition) is 6. The molecule has 2 heterocycles. The molecule has 184 valence electrons. The molecule has 6 nitrogen and oxygen atoms in total. The second kappa shape index (κ2) is 8.65. The maximum atomic E-state index is 13.6. The summed E-state index contributed by atoms with van der Waals surface area (Å²) in [6.45, 7) is 0. The fourth-order valence-electron chi connectivity index (χ4n) is 5.23. The van der Waals surface area contributed by atoms with Crippen LogP contribution >= 0.6 is 0 Å². The van der Waals surface area contributed by atoms with E-state index in [1.807, 2.05) is 24.3 Å². The highest BCUT2D eigenvalue weighted by Crippen LogP contribution is 2.50.